The summed E-state index contributed by atoms with van der Waals surface area (Å²) in [5.74, 6) is -1.24. The lowest BCUT2D eigenvalue weighted by Crippen LogP contribution is -2.45. The van der Waals surface area contributed by atoms with Gasteiger partial charge in [-0.15, -0.1) is 11.3 Å². The molecule has 1 unspecified atom stereocenters. The van der Waals surface area contributed by atoms with Gasteiger partial charge in [0, 0.05) is 29.6 Å². The first-order valence-electron chi connectivity index (χ1n) is 10.1. The summed E-state index contributed by atoms with van der Waals surface area (Å²) in [6.07, 6.45) is 1.71. The lowest BCUT2D eigenvalue weighted by Gasteiger charge is -2.30. The summed E-state index contributed by atoms with van der Waals surface area (Å²) in [4.78, 5) is 16.0. The fourth-order valence-corrected chi connectivity index (χ4v) is 5.00. The molecule has 1 fully saturated rings. The number of rotatable bonds is 4. The van der Waals surface area contributed by atoms with Crippen molar-refractivity contribution in [3.63, 3.8) is 0 Å². The predicted molar refractivity (Wildman–Crippen MR) is 119 cm³/mol. The van der Waals surface area contributed by atoms with Gasteiger partial charge in [-0.25, -0.2) is 8.78 Å². The number of nitrogens with zero attached hydrogens (tertiary/aromatic N) is 2. The quantitative estimate of drug-likeness (QED) is 0.615. The molecule has 32 heavy (non-hydrogen) atoms. The van der Waals surface area contributed by atoms with E-state index in [1.807, 2.05) is 0 Å². The maximum Gasteiger partial charge on any atom is 0.264 e. The lowest BCUT2D eigenvalue weighted by molar-refractivity contribution is 0.0714. The maximum absolute atomic E-state index is 14.4. The van der Waals surface area contributed by atoms with E-state index in [4.69, 9.17) is 15.7 Å². The van der Waals surface area contributed by atoms with Gasteiger partial charge in [-0.1, -0.05) is 6.07 Å². The zero-order valence-corrected chi connectivity index (χ0v) is 18.2. The van der Waals surface area contributed by atoms with Crippen molar-refractivity contribution in [1.29, 1.82) is 5.26 Å². The average Bonchev–Trinajstić information content (AvgIpc) is 3.24. The number of benzene rings is 2. The minimum Gasteiger partial charge on any atom is -0.494 e. The molecule has 2 N–H and O–H groups in total. The fraction of sp³-hybridized carbons (Fsp3) is 0.250. The average molecular weight is 454 g/mol. The second kappa shape index (κ2) is 9.07. The third-order valence-electron chi connectivity index (χ3n) is 5.50. The maximum atomic E-state index is 14.4. The van der Waals surface area contributed by atoms with E-state index in [0.717, 1.165) is 12.8 Å². The van der Waals surface area contributed by atoms with Crippen LogP contribution >= 0.6 is 11.3 Å². The van der Waals surface area contributed by atoms with E-state index in [9.17, 15) is 13.6 Å². The largest absolute Gasteiger partial charge is 0.494 e. The molecule has 0 spiro atoms. The highest BCUT2D eigenvalue weighted by Crippen LogP contribution is 2.41. The lowest BCUT2D eigenvalue weighted by atomic mass is 10.0. The normalized spacial score (nSPS) is 16.0. The number of methoxy groups -OCH3 is 1. The van der Waals surface area contributed by atoms with E-state index in [0.29, 0.717) is 39.5 Å². The van der Waals surface area contributed by atoms with Crippen LogP contribution in [0.15, 0.2) is 42.5 Å². The Kier molecular flexibility index (Phi) is 6.21. The number of thiophene rings is 1. The summed E-state index contributed by atoms with van der Waals surface area (Å²) in [7, 11) is 1.38. The summed E-state index contributed by atoms with van der Waals surface area (Å²) >= 11 is 1.22. The molecule has 0 saturated carbocycles. The summed E-state index contributed by atoms with van der Waals surface area (Å²) in [6.45, 7) is 1.10. The van der Waals surface area contributed by atoms with Gasteiger partial charge in [0.25, 0.3) is 5.91 Å². The van der Waals surface area contributed by atoms with Crippen LogP contribution in [0.3, 0.4) is 0 Å². The highest BCUT2D eigenvalue weighted by Gasteiger charge is 2.26. The molecule has 2 aromatic carbocycles. The first kappa shape index (κ1) is 21.9. The van der Waals surface area contributed by atoms with E-state index >= 15 is 0 Å². The number of nitriles is 1. The summed E-state index contributed by atoms with van der Waals surface area (Å²) < 4.78 is 33.8. The number of hydrogen-bond donors (Lipinski definition) is 1. The number of amides is 1. The Hall–Kier alpha value is -3.28. The van der Waals surface area contributed by atoms with Crippen molar-refractivity contribution in [2.45, 2.75) is 18.9 Å². The number of piperidine rings is 1. The fourth-order valence-electron chi connectivity index (χ4n) is 3.86. The Labute approximate surface area is 188 Å². The minimum absolute atomic E-state index is 0.0603. The van der Waals surface area contributed by atoms with Crippen LogP contribution in [0.4, 0.5) is 8.78 Å². The molecule has 8 heteroatoms. The van der Waals surface area contributed by atoms with Crippen LogP contribution in [0.2, 0.25) is 0 Å². The van der Waals surface area contributed by atoms with Crippen LogP contribution < -0.4 is 10.5 Å². The molecule has 164 valence electrons. The van der Waals surface area contributed by atoms with Gasteiger partial charge in [0.15, 0.2) is 11.6 Å². The molecule has 5 nitrogen and oxygen atoms in total. The first-order chi connectivity index (χ1) is 15.4. The zero-order chi connectivity index (χ0) is 22.8. The molecule has 1 aliphatic rings. The van der Waals surface area contributed by atoms with Crippen LogP contribution in [0.5, 0.6) is 5.75 Å². The van der Waals surface area contributed by atoms with Gasteiger partial charge in [0.2, 0.25) is 0 Å². The zero-order valence-electron chi connectivity index (χ0n) is 17.4. The molecule has 4 rings (SSSR count). The van der Waals surface area contributed by atoms with E-state index in [1.54, 1.807) is 29.2 Å². The van der Waals surface area contributed by atoms with Gasteiger partial charge >= 0.3 is 0 Å². The smallest absolute Gasteiger partial charge is 0.264 e. The van der Waals surface area contributed by atoms with E-state index in [-0.39, 0.29) is 23.3 Å². The molecule has 1 atom stereocenters. The van der Waals surface area contributed by atoms with Gasteiger partial charge in [-0.2, -0.15) is 5.26 Å². The van der Waals surface area contributed by atoms with Crippen molar-refractivity contribution >= 4 is 17.2 Å². The van der Waals surface area contributed by atoms with Crippen molar-refractivity contribution < 1.29 is 18.3 Å². The molecule has 0 bridgehead atoms. The number of likely N-dealkylation sites (tertiary alicyclic amines) is 1. The van der Waals surface area contributed by atoms with Gasteiger partial charge in [-0.05, 0) is 60.4 Å². The van der Waals surface area contributed by atoms with Crippen molar-refractivity contribution in [2.75, 3.05) is 20.2 Å². The molecule has 0 aliphatic carbocycles. The molecule has 1 saturated heterocycles. The van der Waals surface area contributed by atoms with Crippen molar-refractivity contribution in [3.05, 3.63) is 64.5 Å². The first-order valence-corrected chi connectivity index (χ1v) is 11.0. The highest BCUT2D eigenvalue weighted by molar-refractivity contribution is 7.18. The highest BCUT2D eigenvalue weighted by atomic mass is 32.1. The molecule has 0 radical (unpaired) electrons. The SMILES string of the molecule is COc1ccc(-c2sc(C(=O)N3CCCC(N)C3)cc2-c2ccc(C#N)c(F)c2)cc1F. The predicted octanol–water partition coefficient (Wildman–Crippen LogP) is 4.80. The topological polar surface area (TPSA) is 79.3 Å². The van der Waals surface area contributed by atoms with Crippen molar-refractivity contribution in [2.24, 2.45) is 5.73 Å². The number of carbonyl (C=O) groups is 1. The second-order valence-electron chi connectivity index (χ2n) is 7.66. The number of nitrogens with two attached hydrogens (primary N) is 1. The van der Waals surface area contributed by atoms with E-state index in [2.05, 4.69) is 0 Å². The Bertz CT molecular complexity index is 1220. The van der Waals surface area contributed by atoms with Gasteiger partial charge in [0.05, 0.1) is 17.6 Å². The third kappa shape index (κ3) is 4.22. The van der Waals surface area contributed by atoms with E-state index in [1.165, 1.54) is 42.7 Å². The number of halogens is 2. The van der Waals surface area contributed by atoms with Gasteiger partial charge < -0.3 is 15.4 Å². The monoisotopic (exact) mass is 453 g/mol. The summed E-state index contributed by atoms with van der Waals surface area (Å²) in [5.41, 5.74) is 7.60. The number of ether oxygens (including phenoxy) is 1. The molecule has 1 aromatic heterocycles. The molecule has 1 aliphatic heterocycles. The Morgan fingerprint density at radius 2 is 1.94 bits per heavy atom. The third-order valence-corrected chi connectivity index (χ3v) is 6.67. The Morgan fingerprint density at radius 3 is 2.59 bits per heavy atom. The molecular formula is C24H21F2N3O2S. The molecule has 3 aromatic rings. The summed E-state index contributed by atoms with van der Waals surface area (Å²) in [6, 6.07) is 12.3. The van der Waals surface area contributed by atoms with Crippen LogP contribution in [0.1, 0.15) is 28.1 Å². The Balaban J connectivity index is 1.82. The molecule has 2 heterocycles. The number of hydrogen-bond acceptors (Lipinski definition) is 5. The summed E-state index contributed by atoms with van der Waals surface area (Å²) in [5, 5.41) is 9.03. The van der Waals surface area contributed by atoms with Crippen LogP contribution in [0.25, 0.3) is 21.6 Å². The molecular weight excluding hydrogens is 432 g/mol. The standard InChI is InChI=1S/C24H21F2N3O2S/c1-31-21-7-6-15(10-20(21)26)23-18(14-4-5-16(12-27)19(25)9-14)11-22(32-23)24(30)29-8-2-3-17(28)13-29/h4-7,9-11,17H,2-3,8,13,28H2,1H3. The number of carbonyl (C=O) groups excluding carboxylic acids is 1. The van der Waals surface area contributed by atoms with Crippen LogP contribution in [0, 0.1) is 23.0 Å². The minimum atomic E-state index is -0.655. The van der Waals surface area contributed by atoms with Gasteiger partial charge in [-0.3, -0.25) is 4.79 Å². The van der Waals surface area contributed by atoms with Crippen molar-refractivity contribution in [3.8, 4) is 33.4 Å². The van der Waals surface area contributed by atoms with Gasteiger partial charge in [0.1, 0.15) is 11.9 Å². The van der Waals surface area contributed by atoms with Crippen LogP contribution in [-0.2, 0) is 0 Å². The van der Waals surface area contributed by atoms with Crippen LogP contribution in [-0.4, -0.2) is 37.0 Å². The molecule has 1 amide bonds. The van der Waals surface area contributed by atoms with Crippen molar-refractivity contribution in [1.82, 2.24) is 4.90 Å². The van der Waals surface area contributed by atoms with E-state index < -0.39 is 11.6 Å². The Morgan fingerprint density at radius 1 is 1.19 bits per heavy atom. The second-order valence-corrected chi connectivity index (χ2v) is 8.71.